The number of ether oxygens (including phenoxy) is 2. The maximum absolute atomic E-state index is 13.2. The fraction of sp³-hybridized carbons (Fsp3) is 0.588. The van der Waals surface area contributed by atoms with E-state index in [2.05, 4.69) is 0 Å². The Balaban J connectivity index is 1.54. The highest BCUT2D eigenvalue weighted by Crippen LogP contribution is 2.51. The van der Waals surface area contributed by atoms with E-state index in [0.717, 1.165) is 32.1 Å². The van der Waals surface area contributed by atoms with E-state index in [4.69, 9.17) is 21.1 Å². The lowest BCUT2D eigenvalue weighted by Crippen LogP contribution is -2.44. The lowest BCUT2D eigenvalue weighted by atomic mass is 9.71. The number of nitrogens with zero attached hydrogens (tertiary/aromatic N) is 1. The van der Waals surface area contributed by atoms with Crippen LogP contribution < -0.4 is 4.90 Å². The van der Waals surface area contributed by atoms with Gasteiger partial charge in [-0.25, -0.2) is 4.39 Å². The summed E-state index contributed by atoms with van der Waals surface area (Å²) in [5.74, 6) is -0.763. The van der Waals surface area contributed by atoms with Crippen LogP contribution in [0.15, 0.2) is 18.2 Å². The highest BCUT2D eigenvalue weighted by Gasteiger charge is 2.53. The molecule has 6 heteroatoms. The average Bonchev–Trinajstić information content (AvgIpc) is 3.11. The molecular weight excluding hydrogens is 321 g/mol. The normalized spacial score (nSPS) is 25.7. The Labute approximate surface area is 139 Å². The van der Waals surface area contributed by atoms with E-state index >= 15 is 0 Å². The third-order valence-corrected chi connectivity index (χ3v) is 5.80. The molecule has 23 heavy (non-hydrogen) atoms. The van der Waals surface area contributed by atoms with Crippen LogP contribution in [-0.4, -0.2) is 31.5 Å². The summed E-state index contributed by atoms with van der Waals surface area (Å²) in [6, 6.07) is 4.18. The number of hydrogen-bond acceptors (Lipinski definition) is 3. The maximum atomic E-state index is 13.2. The van der Waals surface area contributed by atoms with Crippen LogP contribution in [0.2, 0.25) is 5.02 Å². The van der Waals surface area contributed by atoms with Gasteiger partial charge in [0.25, 0.3) is 0 Å². The molecule has 0 N–H and O–H groups in total. The van der Waals surface area contributed by atoms with Gasteiger partial charge in [0.05, 0.1) is 29.3 Å². The summed E-state index contributed by atoms with van der Waals surface area (Å²) in [7, 11) is 0. The highest BCUT2D eigenvalue weighted by molar-refractivity contribution is 6.34. The fourth-order valence-corrected chi connectivity index (χ4v) is 4.38. The molecule has 2 saturated heterocycles. The summed E-state index contributed by atoms with van der Waals surface area (Å²) >= 11 is 6.13. The molecule has 4 rings (SSSR count). The van der Waals surface area contributed by atoms with Gasteiger partial charge in [0, 0.05) is 19.4 Å². The van der Waals surface area contributed by atoms with Crippen molar-refractivity contribution >= 4 is 23.2 Å². The average molecular weight is 340 g/mol. The zero-order valence-corrected chi connectivity index (χ0v) is 13.6. The first-order valence-corrected chi connectivity index (χ1v) is 8.46. The number of rotatable bonds is 1. The number of carbonyl (C=O) groups is 1. The van der Waals surface area contributed by atoms with E-state index in [9.17, 15) is 9.18 Å². The van der Waals surface area contributed by atoms with Crippen molar-refractivity contribution in [2.45, 2.75) is 37.9 Å². The highest BCUT2D eigenvalue weighted by atomic mass is 35.5. The molecule has 1 aromatic rings. The predicted molar refractivity (Wildman–Crippen MR) is 83.9 cm³/mol. The molecule has 124 valence electrons. The molecule has 0 aromatic heterocycles. The second-order valence-electron chi connectivity index (χ2n) is 6.69. The number of anilines is 1. The van der Waals surface area contributed by atoms with Crippen LogP contribution in [0.1, 0.15) is 32.1 Å². The number of halogens is 2. The van der Waals surface area contributed by atoms with Gasteiger partial charge in [-0.1, -0.05) is 11.6 Å². The Kier molecular flexibility index (Phi) is 3.63. The number of carbonyl (C=O) groups excluding carboxylic acids is 1. The molecule has 2 aliphatic heterocycles. The summed E-state index contributed by atoms with van der Waals surface area (Å²) < 4.78 is 24.7. The van der Waals surface area contributed by atoms with E-state index in [-0.39, 0.29) is 16.3 Å². The number of benzene rings is 1. The van der Waals surface area contributed by atoms with Gasteiger partial charge in [0.1, 0.15) is 5.82 Å². The second kappa shape index (κ2) is 5.43. The molecule has 0 unspecified atom stereocenters. The van der Waals surface area contributed by atoms with Gasteiger partial charge in [-0.3, -0.25) is 4.79 Å². The van der Waals surface area contributed by atoms with Gasteiger partial charge in [0.15, 0.2) is 5.79 Å². The van der Waals surface area contributed by atoms with Gasteiger partial charge in [0.2, 0.25) is 5.91 Å². The summed E-state index contributed by atoms with van der Waals surface area (Å²) in [6.07, 6.45) is 3.84. The molecule has 2 spiro atoms. The zero-order chi connectivity index (χ0) is 16.1. The van der Waals surface area contributed by atoms with Crippen LogP contribution in [0.4, 0.5) is 10.1 Å². The first kappa shape index (κ1) is 15.4. The van der Waals surface area contributed by atoms with Crippen molar-refractivity contribution in [3.63, 3.8) is 0 Å². The van der Waals surface area contributed by atoms with Crippen LogP contribution in [-0.2, 0) is 14.3 Å². The molecule has 2 heterocycles. The molecule has 0 bridgehead atoms. The molecule has 1 aromatic carbocycles. The lowest BCUT2D eigenvalue weighted by Gasteiger charge is -2.40. The molecule has 3 aliphatic rings. The van der Waals surface area contributed by atoms with E-state index in [1.807, 2.05) is 0 Å². The van der Waals surface area contributed by atoms with Gasteiger partial charge < -0.3 is 14.4 Å². The maximum Gasteiger partial charge on any atom is 0.233 e. The predicted octanol–water partition coefficient (Wildman–Crippen LogP) is 3.52. The van der Waals surface area contributed by atoms with Crippen molar-refractivity contribution in [2.24, 2.45) is 5.41 Å². The molecule has 1 amide bonds. The lowest BCUT2D eigenvalue weighted by molar-refractivity contribution is -0.191. The first-order valence-electron chi connectivity index (χ1n) is 8.09. The van der Waals surface area contributed by atoms with Gasteiger partial charge in [-0.15, -0.1) is 0 Å². The van der Waals surface area contributed by atoms with Gasteiger partial charge >= 0.3 is 0 Å². The van der Waals surface area contributed by atoms with E-state index in [1.165, 1.54) is 12.1 Å². The summed E-state index contributed by atoms with van der Waals surface area (Å²) in [4.78, 5) is 14.7. The van der Waals surface area contributed by atoms with E-state index in [0.29, 0.717) is 25.4 Å². The van der Waals surface area contributed by atoms with E-state index in [1.54, 1.807) is 11.0 Å². The smallest absolute Gasteiger partial charge is 0.233 e. The molecule has 0 radical (unpaired) electrons. The largest absolute Gasteiger partial charge is 0.348 e. The van der Waals surface area contributed by atoms with Crippen molar-refractivity contribution < 1.29 is 18.7 Å². The Morgan fingerprint density at radius 1 is 1.09 bits per heavy atom. The zero-order valence-electron chi connectivity index (χ0n) is 12.8. The van der Waals surface area contributed by atoms with Gasteiger partial charge in [-0.2, -0.15) is 0 Å². The minimum atomic E-state index is -0.466. The third kappa shape index (κ3) is 2.46. The van der Waals surface area contributed by atoms with Crippen molar-refractivity contribution in [3.8, 4) is 0 Å². The summed E-state index contributed by atoms with van der Waals surface area (Å²) in [5, 5.41) is 0.283. The standard InChI is InChI=1S/C17H19ClFNO3/c18-13-11-12(19)1-2-14(13)20-8-7-16(15(20)21)3-5-17(6-4-16)22-9-10-23-17/h1-2,11H,3-10H2. The molecular formula is C17H19ClFNO3. The topological polar surface area (TPSA) is 38.8 Å². The van der Waals surface area contributed by atoms with Crippen LogP contribution in [0.5, 0.6) is 0 Å². The van der Waals surface area contributed by atoms with Crippen LogP contribution >= 0.6 is 11.6 Å². The van der Waals surface area contributed by atoms with Crippen molar-refractivity contribution in [1.29, 1.82) is 0 Å². The molecule has 0 atom stereocenters. The first-order chi connectivity index (χ1) is 11.0. The Morgan fingerprint density at radius 3 is 2.43 bits per heavy atom. The van der Waals surface area contributed by atoms with Crippen LogP contribution in [0, 0.1) is 11.2 Å². The fourth-order valence-electron chi connectivity index (χ4n) is 4.11. The van der Waals surface area contributed by atoms with Crippen LogP contribution in [0.3, 0.4) is 0 Å². The van der Waals surface area contributed by atoms with Crippen molar-refractivity contribution in [1.82, 2.24) is 0 Å². The minimum Gasteiger partial charge on any atom is -0.348 e. The minimum absolute atomic E-state index is 0.0962. The second-order valence-corrected chi connectivity index (χ2v) is 7.10. The Hall–Kier alpha value is -1.17. The molecule has 1 aliphatic carbocycles. The van der Waals surface area contributed by atoms with Gasteiger partial charge in [-0.05, 0) is 37.5 Å². The Morgan fingerprint density at radius 2 is 1.78 bits per heavy atom. The number of amides is 1. The monoisotopic (exact) mass is 339 g/mol. The van der Waals surface area contributed by atoms with Crippen molar-refractivity contribution in [2.75, 3.05) is 24.7 Å². The Bertz CT molecular complexity index is 635. The molecule has 1 saturated carbocycles. The summed E-state index contributed by atoms with van der Waals surface area (Å²) in [5.41, 5.74) is 0.252. The van der Waals surface area contributed by atoms with E-state index < -0.39 is 11.6 Å². The summed E-state index contributed by atoms with van der Waals surface area (Å²) in [6.45, 7) is 1.90. The SMILES string of the molecule is O=C1N(c2ccc(F)cc2Cl)CCC12CCC1(CC2)OCCO1. The van der Waals surface area contributed by atoms with Crippen molar-refractivity contribution in [3.05, 3.63) is 29.0 Å². The number of hydrogen-bond donors (Lipinski definition) is 0. The quantitative estimate of drug-likeness (QED) is 0.785. The van der Waals surface area contributed by atoms with Crippen LogP contribution in [0.25, 0.3) is 0 Å². The molecule has 4 nitrogen and oxygen atoms in total. The third-order valence-electron chi connectivity index (χ3n) is 5.50. The molecule has 3 fully saturated rings.